The summed E-state index contributed by atoms with van der Waals surface area (Å²) in [5, 5.41) is 7.65. The molecule has 2 aromatic carbocycles. The Balaban J connectivity index is 1.45. The molecule has 3 N–H and O–H groups in total. The third-order valence-electron chi connectivity index (χ3n) is 9.29. The van der Waals surface area contributed by atoms with Crippen molar-refractivity contribution in [1.29, 1.82) is 0 Å². The Morgan fingerprint density at radius 1 is 0.978 bits per heavy atom. The van der Waals surface area contributed by atoms with E-state index in [1.165, 1.54) is 20.0 Å². The van der Waals surface area contributed by atoms with Crippen molar-refractivity contribution in [3.05, 3.63) is 65.5 Å². The minimum atomic E-state index is -0.483. The Kier molecular flexibility index (Phi) is 10.2. The smallest absolute Gasteiger partial charge is 0.411 e. The SMILES string of the molecule is COC(=O)Nc1cc(-c2cccc(CN(C(=O)c3cc(C(C)(C)C)nn3C)C3CCC(N)CC3)c2)ccc1N1CCCCCC1. The van der Waals surface area contributed by atoms with E-state index in [2.05, 4.69) is 61.3 Å². The number of nitrogens with one attached hydrogen (secondary N) is 1. The Hall–Kier alpha value is -3.85. The molecule has 242 valence electrons. The largest absolute Gasteiger partial charge is 0.453 e. The van der Waals surface area contributed by atoms with Crippen LogP contribution >= 0.6 is 0 Å². The summed E-state index contributed by atoms with van der Waals surface area (Å²) in [4.78, 5) is 30.9. The van der Waals surface area contributed by atoms with Gasteiger partial charge in [-0.3, -0.25) is 14.8 Å². The van der Waals surface area contributed by atoms with Crippen LogP contribution in [0, 0.1) is 0 Å². The number of aromatic nitrogens is 2. The lowest BCUT2D eigenvalue weighted by molar-refractivity contribution is 0.0595. The summed E-state index contributed by atoms with van der Waals surface area (Å²) in [5.74, 6) is -0.00209. The Labute approximate surface area is 268 Å². The van der Waals surface area contributed by atoms with Crippen LogP contribution in [0.25, 0.3) is 11.1 Å². The van der Waals surface area contributed by atoms with Gasteiger partial charge < -0.3 is 20.3 Å². The van der Waals surface area contributed by atoms with Gasteiger partial charge in [0.1, 0.15) is 5.69 Å². The number of nitrogens with zero attached hydrogens (tertiary/aromatic N) is 4. The molecule has 3 aromatic rings. The summed E-state index contributed by atoms with van der Waals surface area (Å²) >= 11 is 0. The van der Waals surface area contributed by atoms with Gasteiger partial charge >= 0.3 is 6.09 Å². The molecule has 2 amide bonds. The molecule has 0 radical (unpaired) electrons. The number of carbonyl (C=O) groups excluding carboxylic acids is 2. The van der Waals surface area contributed by atoms with Gasteiger partial charge in [0.25, 0.3) is 5.91 Å². The molecule has 1 aromatic heterocycles. The Morgan fingerprint density at radius 2 is 1.67 bits per heavy atom. The first-order valence-electron chi connectivity index (χ1n) is 16.5. The van der Waals surface area contributed by atoms with Crippen molar-refractivity contribution in [1.82, 2.24) is 14.7 Å². The van der Waals surface area contributed by atoms with Crippen LogP contribution in [0.5, 0.6) is 0 Å². The maximum absolute atomic E-state index is 14.2. The molecule has 1 aliphatic carbocycles. The number of benzene rings is 2. The highest BCUT2D eigenvalue weighted by atomic mass is 16.5. The number of amides is 2. The lowest BCUT2D eigenvalue weighted by Gasteiger charge is -2.36. The molecule has 1 saturated heterocycles. The number of aryl methyl sites for hydroxylation is 1. The Bertz CT molecular complexity index is 1480. The van der Waals surface area contributed by atoms with Gasteiger partial charge in [-0.2, -0.15) is 5.10 Å². The maximum atomic E-state index is 14.2. The highest BCUT2D eigenvalue weighted by Gasteiger charge is 2.31. The zero-order chi connectivity index (χ0) is 32.1. The number of hydrogen-bond acceptors (Lipinski definition) is 6. The number of nitrogens with two attached hydrogens (primary N) is 1. The molecule has 2 fully saturated rings. The van der Waals surface area contributed by atoms with Crippen LogP contribution in [0.2, 0.25) is 0 Å². The predicted molar refractivity (Wildman–Crippen MR) is 181 cm³/mol. The van der Waals surface area contributed by atoms with Gasteiger partial charge in [0.05, 0.1) is 24.2 Å². The van der Waals surface area contributed by atoms with Crippen LogP contribution in [-0.4, -0.2) is 59.0 Å². The standard InChI is InChI=1S/C36H50N6O3/c1-36(2,3)33-23-32(40(4)39-33)34(43)42(29-16-14-28(37)15-17-29)24-25-11-10-12-26(21-25)27-13-18-31(30(22-27)38-35(44)45-5)41-19-8-6-7-9-20-41/h10-13,18,21-23,28-29H,6-9,14-17,19-20,24,37H2,1-5H3,(H,38,44). The summed E-state index contributed by atoms with van der Waals surface area (Å²) in [5.41, 5.74) is 12.4. The molecule has 0 unspecified atom stereocenters. The van der Waals surface area contributed by atoms with Crippen LogP contribution < -0.4 is 16.0 Å². The van der Waals surface area contributed by atoms with Crippen molar-refractivity contribution < 1.29 is 14.3 Å². The van der Waals surface area contributed by atoms with Crippen molar-refractivity contribution in [2.45, 2.75) is 96.2 Å². The van der Waals surface area contributed by atoms with E-state index in [4.69, 9.17) is 15.6 Å². The van der Waals surface area contributed by atoms with Crippen LogP contribution in [0.3, 0.4) is 0 Å². The van der Waals surface area contributed by atoms with Crippen molar-refractivity contribution in [3.8, 4) is 11.1 Å². The maximum Gasteiger partial charge on any atom is 0.411 e. The normalized spacial score (nSPS) is 19.1. The van der Waals surface area contributed by atoms with E-state index in [0.717, 1.165) is 85.4 Å². The molecular weight excluding hydrogens is 564 g/mol. The fourth-order valence-corrected chi connectivity index (χ4v) is 6.57. The zero-order valence-electron chi connectivity index (χ0n) is 27.6. The predicted octanol–water partition coefficient (Wildman–Crippen LogP) is 6.86. The van der Waals surface area contributed by atoms with Crippen molar-refractivity contribution in [3.63, 3.8) is 0 Å². The first-order chi connectivity index (χ1) is 21.5. The topological polar surface area (TPSA) is 106 Å². The molecule has 0 atom stereocenters. The van der Waals surface area contributed by atoms with E-state index in [1.807, 2.05) is 30.1 Å². The van der Waals surface area contributed by atoms with Gasteiger partial charge in [-0.25, -0.2) is 4.79 Å². The molecule has 0 bridgehead atoms. The minimum absolute atomic E-state index is 0.00209. The first-order valence-corrected chi connectivity index (χ1v) is 16.5. The second-order valence-electron chi connectivity index (χ2n) is 13.7. The molecule has 45 heavy (non-hydrogen) atoms. The third kappa shape index (κ3) is 7.87. The molecule has 2 heterocycles. The number of methoxy groups -OCH3 is 1. The quantitative estimate of drug-likeness (QED) is 0.301. The van der Waals surface area contributed by atoms with E-state index in [0.29, 0.717) is 12.2 Å². The molecule has 9 heteroatoms. The van der Waals surface area contributed by atoms with Crippen LogP contribution in [0.15, 0.2) is 48.5 Å². The first kappa shape index (κ1) is 32.5. The molecule has 2 aliphatic rings. The summed E-state index contributed by atoms with van der Waals surface area (Å²) in [7, 11) is 3.24. The zero-order valence-corrected chi connectivity index (χ0v) is 27.6. The van der Waals surface area contributed by atoms with Gasteiger partial charge in [-0.15, -0.1) is 0 Å². The van der Waals surface area contributed by atoms with Gasteiger partial charge in [0, 0.05) is 44.2 Å². The minimum Gasteiger partial charge on any atom is -0.453 e. The molecule has 9 nitrogen and oxygen atoms in total. The Morgan fingerprint density at radius 3 is 2.31 bits per heavy atom. The second kappa shape index (κ2) is 14.1. The third-order valence-corrected chi connectivity index (χ3v) is 9.29. The van der Waals surface area contributed by atoms with Gasteiger partial charge in [0.2, 0.25) is 0 Å². The number of carbonyl (C=O) groups is 2. The monoisotopic (exact) mass is 614 g/mol. The van der Waals surface area contributed by atoms with E-state index in [9.17, 15) is 9.59 Å². The molecule has 1 aliphatic heterocycles. The van der Waals surface area contributed by atoms with E-state index in [-0.39, 0.29) is 23.4 Å². The highest BCUT2D eigenvalue weighted by Crippen LogP contribution is 2.34. The average Bonchev–Trinajstić information content (AvgIpc) is 3.23. The average molecular weight is 615 g/mol. The number of anilines is 2. The van der Waals surface area contributed by atoms with Crippen molar-refractivity contribution in [2.75, 3.05) is 30.4 Å². The molecule has 1 saturated carbocycles. The van der Waals surface area contributed by atoms with Crippen LogP contribution in [-0.2, 0) is 23.7 Å². The fourth-order valence-electron chi connectivity index (χ4n) is 6.57. The number of hydrogen-bond donors (Lipinski definition) is 2. The molecular formula is C36H50N6O3. The van der Waals surface area contributed by atoms with Crippen molar-refractivity contribution in [2.24, 2.45) is 12.8 Å². The lowest BCUT2D eigenvalue weighted by Crippen LogP contribution is -2.44. The van der Waals surface area contributed by atoms with E-state index < -0.39 is 6.09 Å². The van der Waals surface area contributed by atoms with Crippen molar-refractivity contribution >= 4 is 23.4 Å². The second-order valence-corrected chi connectivity index (χ2v) is 13.7. The van der Waals surface area contributed by atoms with Crippen LogP contribution in [0.1, 0.15) is 93.9 Å². The molecule has 0 spiro atoms. The van der Waals surface area contributed by atoms with Crippen LogP contribution in [0.4, 0.5) is 16.2 Å². The summed E-state index contributed by atoms with van der Waals surface area (Å²) < 4.78 is 6.69. The number of rotatable bonds is 7. The van der Waals surface area contributed by atoms with Gasteiger partial charge in [0.15, 0.2) is 0 Å². The highest BCUT2D eigenvalue weighted by molar-refractivity contribution is 5.93. The summed E-state index contributed by atoms with van der Waals surface area (Å²) in [6.07, 6.45) is 7.84. The fraction of sp³-hybridized carbons (Fsp3) is 0.528. The summed E-state index contributed by atoms with van der Waals surface area (Å²) in [6, 6.07) is 16.9. The van der Waals surface area contributed by atoms with Gasteiger partial charge in [-0.1, -0.05) is 57.9 Å². The lowest BCUT2D eigenvalue weighted by atomic mass is 9.90. The van der Waals surface area contributed by atoms with E-state index >= 15 is 0 Å². The molecule has 5 rings (SSSR count). The number of ether oxygens (including phenoxy) is 1. The van der Waals surface area contributed by atoms with Gasteiger partial charge in [-0.05, 0) is 79.5 Å². The summed E-state index contributed by atoms with van der Waals surface area (Å²) in [6.45, 7) is 8.76. The van der Waals surface area contributed by atoms with E-state index in [1.54, 1.807) is 4.68 Å².